The summed E-state index contributed by atoms with van der Waals surface area (Å²) in [5.41, 5.74) is 2.18. The maximum atomic E-state index is 6.19. The maximum Gasteiger partial charge on any atom is 0.173 e. The summed E-state index contributed by atoms with van der Waals surface area (Å²) in [7, 11) is 0. The number of likely N-dealkylation sites (tertiary alicyclic amines) is 1. The van der Waals surface area contributed by atoms with E-state index in [9.17, 15) is 0 Å². The number of piperidine rings is 1. The van der Waals surface area contributed by atoms with Crippen molar-refractivity contribution in [2.24, 2.45) is 5.92 Å². The molecule has 1 heterocycles. The Morgan fingerprint density at radius 3 is 2.50 bits per heavy atom. The summed E-state index contributed by atoms with van der Waals surface area (Å²) in [4.78, 5) is 2.22. The Bertz CT molecular complexity index is 698. The highest BCUT2D eigenvalue weighted by Crippen LogP contribution is 2.27. The molecular weight excluding hydrogens is 359 g/mol. The summed E-state index contributed by atoms with van der Waals surface area (Å²) in [6.07, 6.45) is 3.45. The Kier molecular flexibility index (Phi) is 5.99. The summed E-state index contributed by atoms with van der Waals surface area (Å²) in [5, 5.41) is 5.22. The van der Waals surface area contributed by atoms with Crippen LogP contribution in [0.4, 0.5) is 5.69 Å². The highest BCUT2D eigenvalue weighted by Gasteiger charge is 2.21. The van der Waals surface area contributed by atoms with Crippen LogP contribution in [0.5, 0.6) is 0 Å². The zero-order chi connectivity index (χ0) is 16.9. The van der Waals surface area contributed by atoms with Crippen molar-refractivity contribution >= 4 is 46.2 Å². The van der Waals surface area contributed by atoms with Crippen molar-refractivity contribution in [3.8, 4) is 0 Å². The summed E-state index contributed by atoms with van der Waals surface area (Å²) in [6.45, 7) is 1.95. The smallest absolute Gasteiger partial charge is 0.173 e. The van der Waals surface area contributed by atoms with E-state index in [-0.39, 0.29) is 0 Å². The van der Waals surface area contributed by atoms with Gasteiger partial charge in [0.2, 0.25) is 0 Å². The van der Waals surface area contributed by atoms with Crippen LogP contribution in [0.15, 0.2) is 48.5 Å². The zero-order valence-electron chi connectivity index (χ0n) is 13.3. The molecule has 0 aliphatic carbocycles. The summed E-state index contributed by atoms with van der Waals surface area (Å²) in [6, 6.07) is 16.1. The van der Waals surface area contributed by atoms with E-state index in [1.54, 1.807) is 18.2 Å². The second-order valence-electron chi connectivity index (χ2n) is 6.17. The first kappa shape index (κ1) is 17.5. The van der Waals surface area contributed by atoms with Crippen LogP contribution >= 0.6 is 35.4 Å². The van der Waals surface area contributed by atoms with E-state index in [0.29, 0.717) is 10.0 Å². The molecule has 1 fully saturated rings. The largest absolute Gasteiger partial charge is 0.349 e. The van der Waals surface area contributed by atoms with Gasteiger partial charge in [-0.2, -0.15) is 0 Å². The van der Waals surface area contributed by atoms with Crippen LogP contribution in [-0.2, 0) is 6.42 Å². The fourth-order valence-electron chi connectivity index (χ4n) is 3.08. The molecule has 0 atom stereocenters. The Labute approximate surface area is 158 Å². The van der Waals surface area contributed by atoms with E-state index in [4.69, 9.17) is 35.4 Å². The standard InChI is InChI=1S/C19H20Cl2N2S/c20-16-6-7-17(21)18(13-16)22-19(24)23-10-8-15(9-11-23)12-14-4-2-1-3-5-14/h1-7,13,15H,8-12H2,(H,22,24). The fraction of sp³-hybridized carbons (Fsp3) is 0.316. The number of nitrogens with one attached hydrogen (secondary N) is 1. The number of hydrogen-bond donors (Lipinski definition) is 1. The number of anilines is 1. The van der Waals surface area contributed by atoms with E-state index in [1.165, 1.54) is 5.56 Å². The molecule has 0 saturated carbocycles. The first-order valence-corrected chi connectivity index (χ1v) is 9.33. The second-order valence-corrected chi connectivity index (χ2v) is 7.40. The van der Waals surface area contributed by atoms with Crippen molar-refractivity contribution in [2.75, 3.05) is 18.4 Å². The van der Waals surface area contributed by atoms with Gasteiger partial charge in [0, 0.05) is 18.1 Å². The van der Waals surface area contributed by atoms with Gasteiger partial charge < -0.3 is 10.2 Å². The van der Waals surface area contributed by atoms with Crippen LogP contribution < -0.4 is 5.32 Å². The predicted octanol–water partition coefficient (Wildman–Crippen LogP) is 5.64. The Balaban J connectivity index is 1.52. The molecule has 1 aliphatic rings. The number of benzene rings is 2. The van der Waals surface area contributed by atoms with Gasteiger partial charge in [-0.25, -0.2) is 0 Å². The van der Waals surface area contributed by atoms with Crippen molar-refractivity contribution in [2.45, 2.75) is 19.3 Å². The molecule has 1 saturated heterocycles. The molecule has 0 amide bonds. The number of thiocarbonyl (C=S) groups is 1. The van der Waals surface area contributed by atoms with Crippen molar-refractivity contribution in [3.63, 3.8) is 0 Å². The van der Waals surface area contributed by atoms with E-state index in [0.717, 1.165) is 49.1 Å². The molecule has 0 aromatic heterocycles. The van der Waals surface area contributed by atoms with Gasteiger partial charge in [0.25, 0.3) is 0 Å². The maximum absolute atomic E-state index is 6.19. The third-order valence-corrected chi connectivity index (χ3v) is 5.36. The number of nitrogens with zero attached hydrogens (tertiary/aromatic N) is 1. The minimum absolute atomic E-state index is 0.626. The predicted molar refractivity (Wildman–Crippen MR) is 107 cm³/mol. The SMILES string of the molecule is S=C(Nc1cc(Cl)ccc1Cl)N1CCC(Cc2ccccc2)CC1. The van der Waals surface area contributed by atoms with Crippen LogP contribution in [0.2, 0.25) is 10.0 Å². The summed E-state index contributed by atoms with van der Waals surface area (Å²) < 4.78 is 0. The number of rotatable bonds is 3. The lowest BCUT2D eigenvalue weighted by Crippen LogP contribution is -2.41. The van der Waals surface area contributed by atoms with Crippen LogP contribution in [0.25, 0.3) is 0 Å². The second kappa shape index (κ2) is 8.19. The number of halogens is 2. The van der Waals surface area contributed by atoms with Gasteiger partial charge in [0.1, 0.15) is 0 Å². The van der Waals surface area contributed by atoms with E-state index >= 15 is 0 Å². The third-order valence-electron chi connectivity index (χ3n) is 4.44. The average Bonchev–Trinajstić information content (AvgIpc) is 2.60. The van der Waals surface area contributed by atoms with E-state index < -0.39 is 0 Å². The van der Waals surface area contributed by atoms with Crippen LogP contribution in [0.1, 0.15) is 18.4 Å². The molecular formula is C19H20Cl2N2S. The molecule has 1 N–H and O–H groups in total. The van der Waals surface area contributed by atoms with Gasteiger partial charge >= 0.3 is 0 Å². The minimum atomic E-state index is 0.626. The normalized spacial score (nSPS) is 15.3. The molecule has 0 radical (unpaired) electrons. The quantitative estimate of drug-likeness (QED) is 0.695. The fourth-order valence-corrected chi connectivity index (χ4v) is 3.70. The van der Waals surface area contributed by atoms with Crippen molar-refractivity contribution in [1.82, 2.24) is 4.90 Å². The topological polar surface area (TPSA) is 15.3 Å². The molecule has 3 rings (SSSR count). The lowest BCUT2D eigenvalue weighted by atomic mass is 9.90. The molecule has 2 aromatic carbocycles. The Morgan fingerprint density at radius 1 is 1.08 bits per heavy atom. The van der Waals surface area contributed by atoms with Crippen LogP contribution in [0, 0.1) is 5.92 Å². The first-order valence-electron chi connectivity index (χ1n) is 8.17. The molecule has 1 aliphatic heterocycles. The molecule has 0 spiro atoms. The zero-order valence-corrected chi connectivity index (χ0v) is 15.7. The molecule has 2 nitrogen and oxygen atoms in total. The van der Waals surface area contributed by atoms with Gasteiger partial charge in [0.15, 0.2) is 5.11 Å². The molecule has 2 aromatic rings. The summed E-state index contributed by atoms with van der Waals surface area (Å²) in [5.74, 6) is 0.723. The molecule has 126 valence electrons. The van der Waals surface area contributed by atoms with Crippen LogP contribution in [0.3, 0.4) is 0 Å². The van der Waals surface area contributed by atoms with Gasteiger partial charge in [0.05, 0.1) is 10.7 Å². The van der Waals surface area contributed by atoms with Gasteiger partial charge in [-0.3, -0.25) is 0 Å². The Morgan fingerprint density at radius 2 is 1.79 bits per heavy atom. The first-order chi connectivity index (χ1) is 11.6. The van der Waals surface area contributed by atoms with E-state index in [2.05, 4.69) is 40.5 Å². The Hall–Kier alpha value is -1.29. The lowest BCUT2D eigenvalue weighted by molar-refractivity contribution is 0.268. The minimum Gasteiger partial charge on any atom is -0.349 e. The van der Waals surface area contributed by atoms with Crippen LogP contribution in [-0.4, -0.2) is 23.1 Å². The van der Waals surface area contributed by atoms with Crippen molar-refractivity contribution in [3.05, 3.63) is 64.1 Å². The highest BCUT2D eigenvalue weighted by atomic mass is 35.5. The molecule has 24 heavy (non-hydrogen) atoms. The van der Waals surface area contributed by atoms with E-state index in [1.807, 2.05) is 0 Å². The highest BCUT2D eigenvalue weighted by molar-refractivity contribution is 7.80. The lowest BCUT2D eigenvalue weighted by Gasteiger charge is -2.34. The molecule has 0 bridgehead atoms. The van der Waals surface area contributed by atoms with Crippen molar-refractivity contribution in [1.29, 1.82) is 0 Å². The van der Waals surface area contributed by atoms with Gasteiger partial charge in [-0.15, -0.1) is 0 Å². The van der Waals surface area contributed by atoms with Crippen molar-refractivity contribution < 1.29 is 0 Å². The monoisotopic (exact) mass is 378 g/mol. The third kappa shape index (κ3) is 4.62. The van der Waals surface area contributed by atoms with Gasteiger partial charge in [-0.1, -0.05) is 53.5 Å². The number of hydrogen-bond acceptors (Lipinski definition) is 1. The average molecular weight is 379 g/mol. The molecule has 5 heteroatoms. The van der Waals surface area contributed by atoms with Gasteiger partial charge in [-0.05, 0) is 61.2 Å². The molecule has 0 unspecified atom stereocenters. The summed E-state index contributed by atoms with van der Waals surface area (Å²) >= 11 is 17.8.